The van der Waals surface area contributed by atoms with Crippen LogP contribution in [0.3, 0.4) is 0 Å². The first kappa shape index (κ1) is 12.7. The molecule has 0 aliphatic heterocycles. The number of halogens is 1. The minimum absolute atomic E-state index is 0.0571. The van der Waals surface area contributed by atoms with Crippen molar-refractivity contribution in [2.24, 2.45) is 5.92 Å². The molecule has 0 saturated heterocycles. The first-order valence-corrected chi connectivity index (χ1v) is 7.24. The fraction of sp³-hybridized carbons (Fsp3) is 0.333. The van der Waals surface area contributed by atoms with E-state index in [1.807, 2.05) is 6.07 Å². The second-order valence-corrected chi connectivity index (χ2v) is 6.53. The lowest BCUT2D eigenvalue weighted by atomic mass is 9.71. The Morgan fingerprint density at radius 3 is 2.16 bits per heavy atom. The van der Waals surface area contributed by atoms with Crippen LogP contribution in [0, 0.1) is 12.8 Å². The third kappa shape index (κ3) is 1.66. The molecule has 3 rings (SSSR count). The summed E-state index contributed by atoms with van der Waals surface area (Å²) in [6, 6.07) is 13.1. The molecule has 0 fully saturated rings. The van der Waals surface area contributed by atoms with E-state index in [4.69, 9.17) is 11.6 Å². The maximum absolute atomic E-state index is 6.23. The highest BCUT2D eigenvalue weighted by atomic mass is 35.5. The highest BCUT2D eigenvalue weighted by Gasteiger charge is 2.41. The van der Waals surface area contributed by atoms with Gasteiger partial charge in [0, 0.05) is 10.4 Å². The van der Waals surface area contributed by atoms with Crippen molar-refractivity contribution in [3.8, 4) is 11.1 Å². The highest BCUT2D eigenvalue weighted by Crippen LogP contribution is 2.53. The Morgan fingerprint density at radius 2 is 1.53 bits per heavy atom. The van der Waals surface area contributed by atoms with E-state index in [1.165, 1.54) is 27.8 Å². The number of hydrogen-bond acceptors (Lipinski definition) is 0. The van der Waals surface area contributed by atoms with Crippen molar-refractivity contribution in [1.82, 2.24) is 0 Å². The molecule has 19 heavy (non-hydrogen) atoms. The van der Waals surface area contributed by atoms with E-state index in [0.717, 1.165) is 5.02 Å². The van der Waals surface area contributed by atoms with Crippen molar-refractivity contribution in [2.75, 3.05) is 0 Å². The van der Waals surface area contributed by atoms with Crippen LogP contribution in [0.25, 0.3) is 11.1 Å². The van der Waals surface area contributed by atoms with Gasteiger partial charge in [0.25, 0.3) is 0 Å². The summed E-state index contributed by atoms with van der Waals surface area (Å²) in [6.07, 6.45) is 0. The smallest absolute Gasteiger partial charge is 0.0409 e. The lowest BCUT2D eigenvalue weighted by molar-refractivity contribution is 0.414. The molecule has 0 amide bonds. The molecule has 0 bridgehead atoms. The topological polar surface area (TPSA) is 0 Å². The van der Waals surface area contributed by atoms with Gasteiger partial charge in [-0.15, -0.1) is 0 Å². The fourth-order valence-corrected chi connectivity index (χ4v) is 3.44. The van der Waals surface area contributed by atoms with Crippen LogP contribution in [0.15, 0.2) is 36.4 Å². The summed E-state index contributed by atoms with van der Waals surface area (Å²) in [5, 5.41) is 0.829. The van der Waals surface area contributed by atoms with E-state index in [1.54, 1.807) is 0 Å². The average Bonchev–Trinajstić information content (AvgIpc) is 2.60. The van der Waals surface area contributed by atoms with Crippen LogP contribution >= 0.6 is 11.6 Å². The van der Waals surface area contributed by atoms with Crippen molar-refractivity contribution in [3.63, 3.8) is 0 Å². The average molecular weight is 271 g/mol. The second-order valence-electron chi connectivity index (χ2n) is 6.10. The molecule has 1 unspecified atom stereocenters. The van der Waals surface area contributed by atoms with E-state index in [0.29, 0.717) is 5.92 Å². The van der Waals surface area contributed by atoms with Crippen LogP contribution in [0.2, 0.25) is 5.02 Å². The molecule has 0 heterocycles. The van der Waals surface area contributed by atoms with Gasteiger partial charge in [-0.2, -0.15) is 0 Å². The molecular formula is C18H19Cl. The molecule has 1 heteroatoms. The summed E-state index contributed by atoms with van der Waals surface area (Å²) in [6.45, 7) is 9.10. The minimum Gasteiger partial charge on any atom is -0.0843 e. The van der Waals surface area contributed by atoms with Crippen molar-refractivity contribution < 1.29 is 0 Å². The van der Waals surface area contributed by atoms with Gasteiger partial charge in [-0.25, -0.2) is 0 Å². The highest BCUT2D eigenvalue weighted by molar-refractivity contribution is 6.30. The molecule has 98 valence electrons. The Morgan fingerprint density at radius 1 is 0.947 bits per heavy atom. The van der Waals surface area contributed by atoms with Crippen LogP contribution in [0.1, 0.15) is 37.5 Å². The minimum atomic E-state index is 0.0571. The third-order valence-corrected chi connectivity index (χ3v) is 4.96. The Hall–Kier alpha value is -1.27. The molecule has 1 atom stereocenters. The maximum atomic E-state index is 6.23. The molecular weight excluding hydrogens is 252 g/mol. The zero-order valence-electron chi connectivity index (χ0n) is 11.9. The first-order chi connectivity index (χ1) is 8.94. The maximum Gasteiger partial charge on any atom is 0.0409 e. The summed E-state index contributed by atoms with van der Waals surface area (Å²) < 4.78 is 0. The van der Waals surface area contributed by atoms with E-state index in [9.17, 15) is 0 Å². The van der Waals surface area contributed by atoms with Gasteiger partial charge in [0.1, 0.15) is 0 Å². The van der Waals surface area contributed by atoms with E-state index in [-0.39, 0.29) is 5.41 Å². The van der Waals surface area contributed by atoms with Gasteiger partial charge in [0.05, 0.1) is 0 Å². The number of rotatable bonds is 1. The second kappa shape index (κ2) is 4.11. The van der Waals surface area contributed by atoms with Gasteiger partial charge in [-0.3, -0.25) is 0 Å². The predicted molar refractivity (Wildman–Crippen MR) is 82.9 cm³/mol. The van der Waals surface area contributed by atoms with Crippen LogP contribution in [-0.2, 0) is 5.41 Å². The summed E-state index contributed by atoms with van der Waals surface area (Å²) in [5.74, 6) is 0.535. The molecule has 1 aliphatic carbocycles. The number of aryl methyl sites for hydroxylation is 1. The zero-order chi connectivity index (χ0) is 13.8. The van der Waals surface area contributed by atoms with E-state index < -0.39 is 0 Å². The quantitative estimate of drug-likeness (QED) is 0.633. The van der Waals surface area contributed by atoms with Gasteiger partial charge in [-0.05, 0) is 47.2 Å². The zero-order valence-corrected chi connectivity index (χ0v) is 12.7. The molecule has 0 N–H and O–H groups in total. The molecule has 0 nitrogen and oxygen atoms in total. The summed E-state index contributed by atoms with van der Waals surface area (Å²) in [5.41, 5.74) is 6.91. The molecule has 2 aromatic carbocycles. The Bertz CT molecular complexity index is 601. The standard InChI is InChI=1S/C18H19Cl/c1-11(2)18(4)16-9-12(3)5-7-14(16)15-8-6-13(19)10-17(15)18/h5-11H,1-4H3. The summed E-state index contributed by atoms with van der Waals surface area (Å²) >= 11 is 6.23. The Balaban J connectivity index is 2.39. The van der Waals surface area contributed by atoms with Crippen LogP contribution in [0.5, 0.6) is 0 Å². The van der Waals surface area contributed by atoms with Crippen molar-refractivity contribution in [1.29, 1.82) is 0 Å². The lowest BCUT2D eigenvalue weighted by Crippen LogP contribution is -2.27. The van der Waals surface area contributed by atoms with Crippen LogP contribution in [0.4, 0.5) is 0 Å². The summed E-state index contributed by atoms with van der Waals surface area (Å²) in [4.78, 5) is 0. The van der Waals surface area contributed by atoms with Gasteiger partial charge < -0.3 is 0 Å². The Labute approximate surface area is 120 Å². The van der Waals surface area contributed by atoms with Gasteiger partial charge >= 0.3 is 0 Å². The molecule has 0 spiro atoms. The number of benzene rings is 2. The Kier molecular flexibility index (Phi) is 2.76. The normalized spacial score (nSPS) is 20.5. The van der Waals surface area contributed by atoms with Crippen molar-refractivity contribution in [3.05, 3.63) is 58.1 Å². The van der Waals surface area contributed by atoms with Gasteiger partial charge in [0.2, 0.25) is 0 Å². The molecule has 2 aromatic rings. The van der Waals surface area contributed by atoms with Crippen molar-refractivity contribution in [2.45, 2.75) is 33.1 Å². The van der Waals surface area contributed by atoms with Gasteiger partial charge in [-0.1, -0.05) is 62.2 Å². The van der Waals surface area contributed by atoms with Crippen molar-refractivity contribution >= 4 is 11.6 Å². The number of hydrogen-bond donors (Lipinski definition) is 0. The largest absolute Gasteiger partial charge is 0.0843 e. The van der Waals surface area contributed by atoms with Crippen LogP contribution < -0.4 is 0 Å². The molecule has 0 saturated carbocycles. The lowest BCUT2D eigenvalue weighted by Gasteiger charge is -2.32. The SMILES string of the molecule is Cc1ccc2c(c1)C(C)(C(C)C)c1cc(Cl)ccc1-2. The summed E-state index contributed by atoms with van der Waals surface area (Å²) in [7, 11) is 0. The number of fused-ring (bicyclic) bond motifs is 3. The molecule has 1 aliphatic rings. The van der Waals surface area contributed by atoms with E-state index in [2.05, 4.69) is 58.0 Å². The monoisotopic (exact) mass is 270 g/mol. The van der Waals surface area contributed by atoms with Crippen LogP contribution in [-0.4, -0.2) is 0 Å². The fourth-order valence-electron chi connectivity index (χ4n) is 3.27. The molecule has 0 radical (unpaired) electrons. The first-order valence-electron chi connectivity index (χ1n) is 6.86. The predicted octanol–water partition coefficient (Wildman–Crippen LogP) is 5.59. The molecule has 0 aromatic heterocycles. The van der Waals surface area contributed by atoms with E-state index >= 15 is 0 Å². The third-order valence-electron chi connectivity index (χ3n) is 4.72. The van der Waals surface area contributed by atoms with Gasteiger partial charge in [0.15, 0.2) is 0 Å².